The van der Waals surface area contributed by atoms with Gasteiger partial charge in [0.1, 0.15) is 5.75 Å². The zero-order chi connectivity index (χ0) is 12.3. The quantitative estimate of drug-likeness (QED) is 0.841. The van der Waals surface area contributed by atoms with Crippen LogP contribution in [0.15, 0.2) is 18.2 Å². The lowest BCUT2D eigenvalue weighted by Gasteiger charge is -2.17. The Morgan fingerprint density at radius 2 is 2.00 bits per heavy atom. The van der Waals surface area contributed by atoms with Crippen molar-refractivity contribution in [2.75, 3.05) is 6.54 Å². The lowest BCUT2D eigenvalue weighted by molar-refractivity contribution is -0.126. The number of hydrogen-bond acceptors (Lipinski definition) is 2. The minimum Gasteiger partial charge on any atom is -0.508 e. The summed E-state index contributed by atoms with van der Waals surface area (Å²) in [6, 6.07) is 4.32. The average Bonchev–Trinajstić information content (AvgIpc) is 2.17. The van der Waals surface area contributed by atoms with Crippen LogP contribution in [-0.2, 0) is 0 Å². The smallest absolute Gasteiger partial charge is 0.401 e. The number of phenols is 1. The van der Waals surface area contributed by atoms with Crippen LogP contribution in [0.1, 0.15) is 24.1 Å². The Hall–Kier alpha value is -1.23. The number of halogens is 3. The molecule has 1 rings (SSSR count). The van der Waals surface area contributed by atoms with E-state index in [9.17, 15) is 18.3 Å². The van der Waals surface area contributed by atoms with E-state index in [0.717, 1.165) is 5.56 Å². The highest BCUT2D eigenvalue weighted by Crippen LogP contribution is 2.25. The van der Waals surface area contributed by atoms with Crippen LogP contribution in [0.2, 0.25) is 0 Å². The second-order valence-corrected chi connectivity index (χ2v) is 3.78. The predicted octanol–water partition coefficient (Wildman–Crippen LogP) is 2.91. The molecular formula is C11H14F3NO. The summed E-state index contributed by atoms with van der Waals surface area (Å²) in [6.07, 6.45) is -4.24. The van der Waals surface area contributed by atoms with Gasteiger partial charge in [0.15, 0.2) is 0 Å². The molecule has 2 nitrogen and oxygen atoms in total. The maximum absolute atomic E-state index is 12.0. The van der Waals surface area contributed by atoms with Crippen LogP contribution in [-0.4, -0.2) is 17.8 Å². The minimum absolute atomic E-state index is 0.00720. The highest BCUT2D eigenvalue weighted by molar-refractivity contribution is 5.37. The van der Waals surface area contributed by atoms with E-state index >= 15 is 0 Å². The Morgan fingerprint density at radius 1 is 1.38 bits per heavy atom. The van der Waals surface area contributed by atoms with Crippen molar-refractivity contribution in [3.05, 3.63) is 29.3 Å². The second kappa shape index (κ2) is 4.74. The zero-order valence-electron chi connectivity index (χ0n) is 9.10. The molecule has 16 heavy (non-hydrogen) atoms. The molecule has 1 aromatic carbocycles. The molecule has 2 N–H and O–H groups in total. The van der Waals surface area contributed by atoms with Gasteiger partial charge in [-0.25, -0.2) is 0 Å². The van der Waals surface area contributed by atoms with Gasteiger partial charge in [-0.3, -0.25) is 0 Å². The maximum Gasteiger partial charge on any atom is 0.401 e. The molecule has 0 heterocycles. The molecular weight excluding hydrogens is 219 g/mol. The summed E-state index contributed by atoms with van der Waals surface area (Å²) >= 11 is 0. The summed E-state index contributed by atoms with van der Waals surface area (Å²) in [5.74, 6) is 0.00720. The molecule has 1 aromatic rings. The lowest BCUT2D eigenvalue weighted by atomic mass is 10.0. The second-order valence-electron chi connectivity index (χ2n) is 3.78. The van der Waals surface area contributed by atoms with Crippen molar-refractivity contribution in [1.82, 2.24) is 5.32 Å². The molecule has 5 heteroatoms. The van der Waals surface area contributed by atoms with Gasteiger partial charge in [-0.1, -0.05) is 17.7 Å². The Morgan fingerprint density at radius 3 is 2.56 bits per heavy atom. The van der Waals surface area contributed by atoms with Gasteiger partial charge in [-0.2, -0.15) is 13.2 Å². The molecule has 0 fully saturated rings. The monoisotopic (exact) mass is 233 g/mol. The van der Waals surface area contributed by atoms with E-state index in [-0.39, 0.29) is 5.75 Å². The Kier molecular flexibility index (Phi) is 3.80. The van der Waals surface area contributed by atoms with Gasteiger partial charge in [0.05, 0.1) is 6.54 Å². The van der Waals surface area contributed by atoms with Crippen molar-refractivity contribution in [3.8, 4) is 5.75 Å². The van der Waals surface area contributed by atoms with E-state index in [4.69, 9.17) is 0 Å². The van der Waals surface area contributed by atoms with E-state index in [2.05, 4.69) is 5.32 Å². The Balaban J connectivity index is 2.73. The lowest BCUT2D eigenvalue weighted by Crippen LogP contribution is -2.30. The highest BCUT2D eigenvalue weighted by Gasteiger charge is 2.27. The molecule has 90 valence electrons. The summed E-state index contributed by atoms with van der Waals surface area (Å²) in [5, 5.41) is 11.8. The predicted molar refractivity (Wildman–Crippen MR) is 55.3 cm³/mol. The molecule has 0 amide bonds. The summed E-state index contributed by atoms with van der Waals surface area (Å²) < 4.78 is 36.0. The fourth-order valence-corrected chi connectivity index (χ4v) is 1.40. The van der Waals surface area contributed by atoms with Gasteiger partial charge in [0.25, 0.3) is 0 Å². The molecule has 1 unspecified atom stereocenters. The molecule has 0 bridgehead atoms. The van der Waals surface area contributed by atoms with Gasteiger partial charge in [0, 0.05) is 11.6 Å². The third-order valence-corrected chi connectivity index (χ3v) is 2.26. The average molecular weight is 233 g/mol. The van der Waals surface area contributed by atoms with E-state index < -0.39 is 18.8 Å². The summed E-state index contributed by atoms with van der Waals surface area (Å²) in [6.45, 7) is 2.33. The molecule has 0 aromatic heterocycles. The van der Waals surface area contributed by atoms with Crippen molar-refractivity contribution in [2.45, 2.75) is 26.1 Å². The van der Waals surface area contributed by atoms with E-state index in [0.29, 0.717) is 5.56 Å². The number of hydrogen-bond donors (Lipinski definition) is 2. The molecule has 1 atom stereocenters. The molecule has 0 spiro atoms. The number of phenolic OH excluding ortho intramolecular Hbond substituents is 1. The van der Waals surface area contributed by atoms with Crippen LogP contribution in [0.4, 0.5) is 13.2 Å². The third kappa shape index (κ3) is 3.73. The fraction of sp³-hybridized carbons (Fsp3) is 0.455. The van der Waals surface area contributed by atoms with E-state index in [1.165, 1.54) is 6.07 Å². The number of aromatic hydroxyl groups is 1. The number of benzene rings is 1. The van der Waals surface area contributed by atoms with Gasteiger partial charge >= 0.3 is 6.18 Å². The molecule has 0 aliphatic carbocycles. The van der Waals surface area contributed by atoms with Crippen LogP contribution in [0.3, 0.4) is 0 Å². The zero-order valence-corrected chi connectivity index (χ0v) is 9.10. The third-order valence-electron chi connectivity index (χ3n) is 2.26. The molecule has 0 aliphatic rings. The van der Waals surface area contributed by atoms with Crippen molar-refractivity contribution in [1.29, 1.82) is 0 Å². The normalized spacial score (nSPS) is 13.8. The van der Waals surface area contributed by atoms with Gasteiger partial charge < -0.3 is 10.4 Å². The maximum atomic E-state index is 12.0. The summed E-state index contributed by atoms with van der Waals surface area (Å²) in [5.41, 5.74) is 1.37. The summed E-state index contributed by atoms with van der Waals surface area (Å²) in [7, 11) is 0. The van der Waals surface area contributed by atoms with Crippen LogP contribution in [0.5, 0.6) is 5.75 Å². The topological polar surface area (TPSA) is 32.3 Å². The van der Waals surface area contributed by atoms with Gasteiger partial charge in [-0.05, 0) is 19.9 Å². The van der Waals surface area contributed by atoms with Crippen LogP contribution in [0.25, 0.3) is 0 Å². The number of rotatable bonds is 3. The first-order chi connectivity index (χ1) is 7.29. The van der Waals surface area contributed by atoms with E-state index in [1.54, 1.807) is 19.1 Å². The fourth-order valence-electron chi connectivity index (χ4n) is 1.40. The van der Waals surface area contributed by atoms with Crippen molar-refractivity contribution >= 4 is 0 Å². The summed E-state index contributed by atoms with van der Waals surface area (Å²) in [4.78, 5) is 0. The number of alkyl halides is 3. The van der Waals surface area contributed by atoms with Crippen molar-refractivity contribution in [2.24, 2.45) is 0 Å². The first-order valence-corrected chi connectivity index (χ1v) is 4.89. The number of aryl methyl sites for hydroxylation is 1. The SMILES string of the molecule is Cc1ccc(O)c(C(C)NCC(F)(F)F)c1. The standard InChI is InChI=1S/C11H14F3NO/c1-7-3-4-10(16)9(5-7)8(2)15-6-11(12,13)14/h3-5,8,15-16H,6H2,1-2H3. The largest absolute Gasteiger partial charge is 0.508 e. The molecule has 0 saturated heterocycles. The van der Waals surface area contributed by atoms with E-state index in [1.807, 2.05) is 6.92 Å². The number of nitrogens with one attached hydrogen (secondary N) is 1. The van der Waals surface area contributed by atoms with Crippen molar-refractivity contribution < 1.29 is 18.3 Å². The Bertz CT molecular complexity index is 363. The van der Waals surface area contributed by atoms with Crippen LogP contribution in [0, 0.1) is 6.92 Å². The molecule has 0 radical (unpaired) electrons. The molecule has 0 saturated carbocycles. The molecule has 0 aliphatic heterocycles. The van der Waals surface area contributed by atoms with Gasteiger partial charge in [0.2, 0.25) is 0 Å². The van der Waals surface area contributed by atoms with Crippen LogP contribution < -0.4 is 5.32 Å². The van der Waals surface area contributed by atoms with Gasteiger partial charge in [-0.15, -0.1) is 0 Å². The Labute approximate surface area is 92.1 Å². The van der Waals surface area contributed by atoms with Crippen molar-refractivity contribution in [3.63, 3.8) is 0 Å². The van der Waals surface area contributed by atoms with Crippen LogP contribution >= 0.6 is 0 Å². The first kappa shape index (κ1) is 12.8. The minimum atomic E-state index is -4.24. The highest BCUT2D eigenvalue weighted by atomic mass is 19.4. The first-order valence-electron chi connectivity index (χ1n) is 4.89.